The van der Waals surface area contributed by atoms with Crippen LogP contribution in [0.2, 0.25) is 0 Å². The number of carboxylic acid groups (broad SMARTS) is 1. The Hall–Kier alpha value is -2.21. The van der Waals surface area contributed by atoms with Gasteiger partial charge in [0.2, 0.25) is 0 Å². The van der Waals surface area contributed by atoms with Crippen LogP contribution in [0.1, 0.15) is 23.0 Å². The second-order valence-corrected chi connectivity index (χ2v) is 5.45. The van der Waals surface area contributed by atoms with Crippen LogP contribution >= 0.6 is 11.3 Å². The maximum absolute atomic E-state index is 12.3. The van der Waals surface area contributed by atoms with Crippen molar-refractivity contribution in [3.8, 4) is 10.6 Å². The number of benzene rings is 1. The number of carboxylic acids is 1. The van der Waals surface area contributed by atoms with E-state index >= 15 is 0 Å². The number of carbonyl (C=O) groups excluding carboxylic acids is 1. The lowest BCUT2D eigenvalue weighted by atomic mass is 10.1. The quantitative estimate of drug-likeness (QED) is 0.922. The summed E-state index contributed by atoms with van der Waals surface area (Å²) in [5.41, 5.74) is 2.28. The van der Waals surface area contributed by atoms with E-state index in [1.807, 2.05) is 18.4 Å². The van der Waals surface area contributed by atoms with Gasteiger partial charge in [-0.2, -0.15) is 0 Å². The molecule has 0 unspecified atom stereocenters. The number of aromatic nitrogens is 1. The number of thiazole rings is 1. The SMILES string of the molecule is CCN(CC(=O)O)C(=O)c1cccc(-c2nc(C)cs2)c1. The molecule has 0 atom stereocenters. The van der Waals surface area contributed by atoms with Gasteiger partial charge in [-0.25, -0.2) is 4.98 Å². The van der Waals surface area contributed by atoms with Crippen molar-refractivity contribution in [3.63, 3.8) is 0 Å². The molecule has 0 radical (unpaired) electrons. The average molecular weight is 304 g/mol. The van der Waals surface area contributed by atoms with Crippen LogP contribution in [0.25, 0.3) is 10.6 Å². The van der Waals surface area contributed by atoms with Crippen molar-refractivity contribution in [1.82, 2.24) is 9.88 Å². The van der Waals surface area contributed by atoms with Gasteiger partial charge in [0.15, 0.2) is 0 Å². The van der Waals surface area contributed by atoms with E-state index < -0.39 is 5.97 Å². The Kier molecular flexibility index (Phi) is 4.70. The van der Waals surface area contributed by atoms with E-state index in [0.717, 1.165) is 16.3 Å². The van der Waals surface area contributed by atoms with Gasteiger partial charge >= 0.3 is 5.97 Å². The fraction of sp³-hybridized carbons (Fsp3) is 0.267. The minimum absolute atomic E-state index is 0.282. The highest BCUT2D eigenvalue weighted by Gasteiger charge is 2.17. The van der Waals surface area contributed by atoms with E-state index in [2.05, 4.69) is 4.98 Å². The number of rotatable bonds is 5. The monoisotopic (exact) mass is 304 g/mol. The Bertz CT molecular complexity index is 666. The van der Waals surface area contributed by atoms with E-state index in [-0.39, 0.29) is 12.5 Å². The van der Waals surface area contributed by atoms with Crippen LogP contribution in [0, 0.1) is 6.92 Å². The van der Waals surface area contributed by atoms with E-state index in [1.54, 1.807) is 25.1 Å². The summed E-state index contributed by atoms with van der Waals surface area (Å²) in [6.45, 7) is 3.73. The normalized spacial score (nSPS) is 10.4. The third-order valence-corrected chi connectivity index (χ3v) is 3.98. The van der Waals surface area contributed by atoms with Crippen LogP contribution in [0.3, 0.4) is 0 Å². The largest absolute Gasteiger partial charge is 0.480 e. The lowest BCUT2D eigenvalue weighted by Crippen LogP contribution is -2.35. The van der Waals surface area contributed by atoms with E-state index in [9.17, 15) is 9.59 Å². The van der Waals surface area contributed by atoms with Gasteiger partial charge in [0.05, 0.1) is 0 Å². The molecular weight excluding hydrogens is 288 g/mol. The van der Waals surface area contributed by atoms with Crippen molar-refractivity contribution in [2.45, 2.75) is 13.8 Å². The highest BCUT2D eigenvalue weighted by molar-refractivity contribution is 7.13. The molecule has 2 rings (SSSR count). The number of nitrogens with zero attached hydrogens (tertiary/aromatic N) is 2. The molecule has 1 heterocycles. The summed E-state index contributed by atoms with van der Waals surface area (Å²) in [6.07, 6.45) is 0. The number of hydrogen-bond acceptors (Lipinski definition) is 4. The number of carbonyl (C=O) groups is 2. The third kappa shape index (κ3) is 3.66. The first-order chi connectivity index (χ1) is 10.0. The van der Waals surface area contributed by atoms with Crippen LogP contribution in [-0.4, -0.2) is 40.0 Å². The smallest absolute Gasteiger partial charge is 0.323 e. The zero-order valence-electron chi connectivity index (χ0n) is 11.9. The Morgan fingerprint density at radius 1 is 1.38 bits per heavy atom. The predicted molar refractivity (Wildman–Crippen MR) is 81.5 cm³/mol. The van der Waals surface area contributed by atoms with Gasteiger partial charge in [-0.15, -0.1) is 11.3 Å². The molecule has 0 aliphatic heterocycles. The molecule has 1 aromatic heterocycles. The molecule has 0 bridgehead atoms. The van der Waals surface area contributed by atoms with Gasteiger partial charge in [0.1, 0.15) is 11.6 Å². The summed E-state index contributed by atoms with van der Waals surface area (Å²) in [4.78, 5) is 28.8. The van der Waals surface area contributed by atoms with Crippen molar-refractivity contribution in [3.05, 3.63) is 40.9 Å². The van der Waals surface area contributed by atoms with Crippen molar-refractivity contribution in [2.75, 3.05) is 13.1 Å². The zero-order chi connectivity index (χ0) is 15.4. The maximum Gasteiger partial charge on any atom is 0.323 e. The number of likely N-dealkylation sites (N-methyl/N-ethyl adjacent to an activating group) is 1. The summed E-state index contributed by atoms with van der Waals surface area (Å²) in [6, 6.07) is 7.12. The first-order valence-corrected chi connectivity index (χ1v) is 7.43. The summed E-state index contributed by atoms with van der Waals surface area (Å²) in [7, 11) is 0. The Balaban J connectivity index is 2.28. The molecule has 1 N–H and O–H groups in total. The summed E-state index contributed by atoms with van der Waals surface area (Å²) in [5.74, 6) is -1.30. The molecular formula is C15H16N2O3S. The Morgan fingerprint density at radius 3 is 2.71 bits per heavy atom. The minimum Gasteiger partial charge on any atom is -0.480 e. The van der Waals surface area contributed by atoms with Gasteiger partial charge in [-0.3, -0.25) is 9.59 Å². The summed E-state index contributed by atoms with van der Waals surface area (Å²) in [5, 5.41) is 11.6. The number of aliphatic carboxylic acids is 1. The second-order valence-electron chi connectivity index (χ2n) is 4.59. The molecule has 21 heavy (non-hydrogen) atoms. The highest BCUT2D eigenvalue weighted by atomic mass is 32.1. The molecule has 1 aromatic carbocycles. The first kappa shape index (κ1) is 15.2. The fourth-order valence-electron chi connectivity index (χ4n) is 1.94. The topological polar surface area (TPSA) is 70.5 Å². The van der Waals surface area contributed by atoms with Gasteiger partial charge < -0.3 is 10.0 Å². The molecule has 0 aliphatic rings. The van der Waals surface area contributed by atoms with Crippen molar-refractivity contribution < 1.29 is 14.7 Å². The molecule has 5 nitrogen and oxygen atoms in total. The number of hydrogen-bond donors (Lipinski definition) is 1. The van der Waals surface area contributed by atoms with Crippen LogP contribution < -0.4 is 0 Å². The molecule has 2 aromatic rings. The second kappa shape index (κ2) is 6.49. The summed E-state index contributed by atoms with van der Waals surface area (Å²) < 4.78 is 0. The van der Waals surface area contributed by atoms with Crippen molar-refractivity contribution in [1.29, 1.82) is 0 Å². The average Bonchev–Trinajstić information content (AvgIpc) is 2.90. The Morgan fingerprint density at radius 2 is 2.14 bits per heavy atom. The van der Waals surface area contributed by atoms with E-state index in [0.29, 0.717) is 12.1 Å². The number of amides is 1. The molecule has 6 heteroatoms. The zero-order valence-corrected chi connectivity index (χ0v) is 12.7. The fourth-order valence-corrected chi connectivity index (χ4v) is 2.74. The molecule has 0 spiro atoms. The molecule has 0 aliphatic carbocycles. The number of aryl methyl sites for hydroxylation is 1. The molecule has 0 saturated carbocycles. The van der Waals surface area contributed by atoms with Gasteiger partial charge in [-0.05, 0) is 26.0 Å². The maximum atomic E-state index is 12.3. The van der Waals surface area contributed by atoms with E-state index in [1.165, 1.54) is 16.2 Å². The van der Waals surface area contributed by atoms with Gasteiger partial charge in [-0.1, -0.05) is 12.1 Å². The van der Waals surface area contributed by atoms with Crippen LogP contribution in [0.15, 0.2) is 29.6 Å². The van der Waals surface area contributed by atoms with Crippen LogP contribution in [-0.2, 0) is 4.79 Å². The van der Waals surface area contributed by atoms with Gasteiger partial charge in [0, 0.05) is 28.7 Å². The highest BCUT2D eigenvalue weighted by Crippen LogP contribution is 2.24. The van der Waals surface area contributed by atoms with E-state index in [4.69, 9.17) is 5.11 Å². The molecule has 110 valence electrons. The molecule has 0 fully saturated rings. The van der Waals surface area contributed by atoms with Crippen molar-refractivity contribution >= 4 is 23.2 Å². The predicted octanol–water partition coefficient (Wildman–Crippen LogP) is 2.67. The lowest BCUT2D eigenvalue weighted by molar-refractivity contribution is -0.137. The van der Waals surface area contributed by atoms with Crippen molar-refractivity contribution in [2.24, 2.45) is 0 Å². The summed E-state index contributed by atoms with van der Waals surface area (Å²) >= 11 is 1.52. The van der Waals surface area contributed by atoms with Gasteiger partial charge in [0.25, 0.3) is 5.91 Å². The third-order valence-electron chi connectivity index (χ3n) is 2.97. The standard InChI is InChI=1S/C15H16N2O3S/c1-3-17(8-13(18)19)15(20)12-6-4-5-11(7-12)14-16-10(2)9-21-14/h4-7,9H,3,8H2,1-2H3,(H,18,19). The molecule has 0 saturated heterocycles. The molecule has 1 amide bonds. The van der Waals surface area contributed by atoms with Crippen LogP contribution in [0.5, 0.6) is 0 Å². The first-order valence-electron chi connectivity index (χ1n) is 6.55. The minimum atomic E-state index is -1.02. The van der Waals surface area contributed by atoms with Crippen LogP contribution in [0.4, 0.5) is 0 Å². The Labute approximate surface area is 126 Å². The lowest BCUT2D eigenvalue weighted by Gasteiger charge is -2.18.